The molecular formula is C29H27F11N6O3. The Morgan fingerprint density at radius 3 is 2.20 bits per heavy atom. The molecule has 49 heavy (non-hydrogen) atoms. The SMILES string of the molecule is O=C(N[C@H]1CC[C@H](C(F)(F)F)CC1)c1cc2nc(Nc3cc(CNC(=O)C4(C(F)(F)F)CC4)ccc3C(F)(F)F)[nH]c2nc1OCC(F)F. The molecule has 2 amide bonds. The Labute approximate surface area is 269 Å². The first-order valence-corrected chi connectivity index (χ1v) is 14.8. The third kappa shape index (κ3) is 8.09. The van der Waals surface area contributed by atoms with Crippen molar-refractivity contribution < 1.29 is 62.6 Å². The van der Waals surface area contributed by atoms with Crippen LogP contribution in [0, 0.1) is 11.3 Å². The van der Waals surface area contributed by atoms with Crippen LogP contribution in [0.15, 0.2) is 24.3 Å². The third-order valence-corrected chi connectivity index (χ3v) is 8.38. The highest BCUT2D eigenvalue weighted by Crippen LogP contribution is 2.57. The van der Waals surface area contributed by atoms with Crippen LogP contribution in [0.4, 0.5) is 59.9 Å². The summed E-state index contributed by atoms with van der Waals surface area (Å²) in [5, 5.41) is 7.03. The van der Waals surface area contributed by atoms with E-state index < -0.39 is 103 Å². The number of amides is 2. The predicted octanol–water partition coefficient (Wildman–Crippen LogP) is 7.17. The van der Waals surface area contributed by atoms with E-state index in [0.717, 1.165) is 18.2 Å². The van der Waals surface area contributed by atoms with Crippen molar-refractivity contribution in [3.05, 3.63) is 41.0 Å². The second-order valence-corrected chi connectivity index (χ2v) is 11.8. The van der Waals surface area contributed by atoms with E-state index in [9.17, 15) is 57.9 Å². The second-order valence-electron chi connectivity index (χ2n) is 11.8. The molecule has 1 aromatic carbocycles. The van der Waals surface area contributed by atoms with E-state index in [4.69, 9.17) is 4.74 Å². The van der Waals surface area contributed by atoms with Gasteiger partial charge in [-0.2, -0.15) is 44.5 Å². The van der Waals surface area contributed by atoms with Crippen molar-refractivity contribution in [3.8, 4) is 5.88 Å². The Bertz CT molecular complexity index is 1690. The number of nitrogens with one attached hydrogen (secondary N) is 4. The molecule has 3 aromatic rings. The molecule has 0 unspecified atom stereocenters. The molecular weight excluding hydrogens is 689 g/mol. The van der Waals surface area contributed by atoms with Gasteiger partial charge < -0.3 is 25.7 Å². The lowest BCUT2D eigenvalue weighted by atomic mass is 9.85. The van der Waals surface area contributed by atoms with Crippen molar-refractivity contribution in [2.24, 2.45) is 11.3 Å². The molecule has 5 rings (SSSR count). The predicted molar refractivity (Wildman–Crippen MR) is 149 cm³/mol. The zero-order valence-corrected chi connectivity index (χ0v) is 25.0. The van der Waals surface area contributed by atoms with Gasteiger partial charge in [-0.05, 0) is 62.3 Å². The van der Waals surface area contributed by atoms with Crippen molar-refractivity contribution in [1.82, 2.24) is 25.6 Å². The number of benzene rings is 1. The van der Waals surface area contributed by atoms with Crippen molar-refractivity contribution in [3.63, 3.8) is 0 Å². The molecule has 2 saturated carbocycles. The number of anilines is 2. The minimum Gasteiger partial charge on any atom is -0.471 e. The zero-order chi connectivity index (χ0) is 35.9. The number of aromatic nitrogens is 3. The average molecular weight is 717 g/mol. The van der Waals surface area contributed by atoms with Gasteiger partial charge in [-0.15, -0.1) is 0 Å². The van der Waals surface area contributed by atoms with Gasteiger partial charge in [0, 0.05) is 12.6 Å². The number of hydrogen-bond donors (Lipinski definition) is 4. The lowest BCUT2D eigenvalue weighted by Crippen LogP contribution is -2.40. The third-order valence-electron chi connectivity index (χ3n) is 8.38. The number of halogens is 11. The van der Waals surface area contributed by atoms with Crippen LogP contribution in [0.2, 0.25) is 0 Å². The first kappa shape index (κ1) is 35.9. The minimum absolute atomic E-state index is 0.00182. The van der Waals surface area contributed by atoms with Gasteiger partial charge in [-0.3, -0.25) is 9.59 Å². The van der Waals surface area contributed by atoms with E-state index in [2.05, 4.69) is 30.9 Å². The highest BCUT2D eigenvalue weighted by Gasteiger charge is 2.68. The Kier molecular flexibility index (Phi) is 9.63. The molecule has 0 atom stereocenters. The molecule has 2 aromatic heterocycles. The van der Waals surface area contributed by atoms with Crippen molar-refractivity contribution in [2.75, 3.05) is 11.9 Å². The average Bonchev–Trinajstić information content (AvgIpc) is 3.74. The number of aromatic amines is 1. The van der Waals surface area contributed by atoms with E-state index in [0.29, 0.717) is 6.07 Å². The number of carbonyl (C=O) groups is 2. The van der Waals surface area contributed by atoms with Crippen molar-refractivity contribution in [1.29, 1.82) is 0 Å². The topological polar surface area (TPSA) is 121 Å². The second kappa shape index (κ2) is 13.1. The summed E-state index contributed by atoms with van der Waals surface area (Å²) in [7, 11) is 0. The smallest absolute Gasteiger partial charge is 0.418 e. The maximum Gasteiger partial charge on any atom is 0.418 e. The number of ether oxygens (including phenoxy) is 1. The number of carbonyl (C=O) groups excluding carboxylic acids is 2. The minimum atomic E-state index is -4.93. The number of hydrogen-bond acceptors (Lipinski definition) is 6. The molecule has 0 bridgehead atoms. The number of H-pyrrole nitrogens is 1. The summed E-state index contributed by atoms with van der Waals surface area (Å²) < 4.78 is 151. The Morgan fingerprint density at radius 1 is 0.959 bits per heavy atom. The lowest BCUT2D eigenvalue weighted by Gasteiger charge is -2.30. The van der Waals surface area contributed by atoms with Crippen LogP contribution in [-0.2, 0) is 17.5 Å². The Morgan fingerprint density at radius 2 is 1.63 bits per heavy atom. The van der Waals surface area contributed by atoms with Crippen LogP contribution in [0.1, 0.15) is 60.0 Å². The Balaban J connectivity index is 1.38. The van der Waals surface area contributed by atoms with Crippen molar-refractivity contribution in [2.45, 2.75) is 76.1 Å². The molecule has 2 aliphatic carbocycles. The van der Waals surface area contributed by atoms with E-state index in [-0.39, 0.29) is 48.4 Å². The van der Waals surface area contributed by atoms with Crippen LogP contribution in [0.25, 0.3) is 11.2 Å². The molecule has 268 valence electrons. The highest BCUT2D eigenvalue weighted by atomic mass is 19.4. The molecule has 0 aliphatic heterocycles. The summed E-state index contributed by atoms with van der Waals surface area (Å²) in [5.74, 6) is -4.74. The van der Waals surface area contributed by atoms with Gasteiger partial charge >= 0.3 is 18.5 Å². The van der Waals surface area contributed by atoms with E-state index in [1.807, 2.05) is 0 Å². The van der Waals surface area contributed by atoms with Crippen LogP contribution < -0.4 is 20.7 Å². The maximum atomic E-state index is 13.9. The van der Waals surface area contributed by atoms with Gasteiger partial charge in [0.05, 0.1) is 17.2 Å². The van der Waals surface area contributed by atoms with E-state index in [1.54, 1.807) is 0 Å². The summed E-state index contributed by atoms with van der Waals surface area (Å²) in [5.41, 5.74) is -5.15. The van der Waals surface area contributed by atoms with Crippen LogP contribution in [-0.4, -0.2) is 58.2 Å². The molecule has 0 radical (unpaired) electrons. The molecule has 0 saturated heterocycles. The fraction of sp³-hybridized carbons (Fsp3) is 0.517. The summed E-state index contributed by atoms with van der Waals surface area (Å²) in [4.78, 5) is 35.9. The first-order valence-electron chi connectivity index (χ1n) is 14.8. The fourth-order valence-corrected chi connectivity index (χ4v) is 5.52. The summed E-state index contributed by atoms with van der Waals surface area (Å²) in [6.07, 6.45) is -18.4. The van der Waals surface area contributed by atoms with E-state index >= 15 is 0 Å². The number of nitrogens with zero attached hydrogens (tertiary/aromatic N) is 2. The molecule has 20 heteroatoms. The standard InChI is InChI=1S/C29H27F11N6O3/c30-20(31)12-49-23-16(22(47)42-15-4-2-14(3-5-15)27(32,33)34)10-19-21(45-23)46-25(44-19)43-18-9-13(1-6-17(18)28(35,36)37)11-41-24(48)26(7-8-26)29(38,39)40/h1,6,9-10,14-15,20H,2-5,7-8,11-12H2,(H,41,48)(H,42,47)(H2,43,44,45,46)/t14-,15-. The molecule has 4 N–H and O–H groups in total. The molecule has 0 spiro atoms. The monoisotopic (exact) mass is 716 g/mol. The largest absolute Gasteiger partial charge is 0.471 e. The quantitative estimate of drug-likeness (QED) is 0.165. The number of pyridine rings is 1. The van der Waals surface area contributed by atoms with Gasteiger partial charge in [-0.1, -0.05) is 6.07 Å². The Hall–Kier alpha value is -4.39. The number of imidazole rings is 1. The molecule has 2 heterocycles. The van der Waals surface area contributed by atoms with Crippen LogP contribution in [0.5, 0.6) is 5.88 Å². The van der Waals surface area contributed by atoms with Crippen LogP contribution in [0.3, 0.4) is 0 Å². The summed E-state index contributed by atoms with van der Waals surface area (Å²) in [6, 6.07) is 2.91. The van der Waals surface area contributed by atoms with Gasteiger partial charge in [0.1, 0.15) is 16.5 Å². The first-order chi connectivity index (χ1) is 22.8. The van der Waals surface area contributed by atoms with Crippen LogP contribution >= 0.6 is 0 Å². The van der Waals surface area contributed by atoms with Gasteiger partial charge in [0.25, 0.3) is 12.3 Å². The highest BCUT2D eigenvalue weighted by molar-refractivity contribution is 5.99. The number of rotatable bonds is 10. The number of fused-ring (bicyclic) bond motifs is 1. The molecule has 2 fully saturated rings. The lowest BCUT2D eigenvalue weighted by molar-refractivity contribution is -0.192. The van der Waals surface area contributed by atoms with Gasteiger partial charge in [-0.25, -0.2) is 13.8 Å². The van der Waals surface area contributed by atoms with E-state index in [1.165, 1.54) is 0 Å². The summed E-state index contributed by atoms with van der Waals surface area (Å²) >= 11 is 0. The zero-order valence-electron chi connectivity index (χ0n) is 25.0. The number of alkyl halides is 11. The van der Waals surface area contributed by atoms with Crippen molar-refractivity contribution >= 4 is 34.6 Å². The normalized spacial score (nSPS) is 19.5. The van der Waals surface area contributed by atoms with Gasteiger partial charge in [0.15, 0.2) is 12.3 Å². The maximum absolute atomic E-state index is 13.9. The van der Waals surface area contributed by atoms with Gasteiger partial charge in [0.2, 0.25) is 17.7 Å². The molecule has 9 nitrogen and oxygen atoms in total. The summed E-state index contributed by atoms with van der Waals surface area (Å²) in [6.45, 7) is -1.73. The fourth-order valence-electron chi connectivity index (χ4n) is 5.52. The molecule has 2 aliphatic rings.